The van der Waals surface area contributed by atoms with Gasteiger partial charge in [0.2, 0.25) is 0 Å². The van der Waals surface area contributed by atoms with Crippen LogP contribution in [0.15, 0.2) is 54.6 Å². The summed E-state index contributed by atoms with van der Waals surface area (Å²) in [5.74, 6) is 0.588. The Labute approximate surface area is 95.2 Å². The Balaban J connectivity index is 2.38. The Morgan fingerprint density at radius 1 is 0.933 bits per heavy atom. The van der Waals surface area contributed by atoms with Crippen LogP contribution in [0.4, 0.5) is 0 Å². The van der Waals surface area contributed by atoms with E-state index in [4.69, 9.17) is 11.6 Å². The predicted molar refractivity (Wildman–Crippen MR) is 67.5 cm³/mol. The number of alkyl halides is 1. The summed E-state index contributed by atoms with van der Waals surface area (Å²) >= 11 is 5.60. The summed E-state index contributed by atoms with van der Waals surface area (Å²) < 4.78 is 0. The third-order valence-corrected chi connectivity index (χ3v) is 2.65. The van der Waals surface area contributed by atoms with Crippen LogP contribution in [0.3, 0.4) is 0 Å². The highest BCUT2D eigenvalue weighted by Gasteiger charge is 1.97. The molecule has 76 valence electrons. The molecule has 0 N–H and O–H groups in total. The van der Waals surface area contributed by atoms with E-state index in [-0.39, 0.29) is 0 Å². The van der Waals surface area contributed by atoms with Crippen LogP contribution in [0.5, 0.6) is 0 Å². The van der Waals surface area contributed by atoms with Gasteiger partial charge >= 0.3 is 0 Å². The van der Waals surface area contributed by atoms with Crippen molar-refractivity contribution in [2.75, 3.05) is 5.88 Å². The van der Waals surface area contributed by atoms with Crippen molar-refractivity contribution in [3.63, 3.8) is 0 Å². The van der Waals surface area contributed by atoms with Gasteiger partial charge in [-0.05, 0) is 22.8 Å². The van der Waals surface area contributed by atoms with Gasteiger partial charge < -0.3 is 0 Å². The average Bonchev–Trinajstić information content (AvgIpc) is 2.30. The molecule has 0 unspecified atom stereocenters. The largest absolute Gasteiger partial charge is 0.122 e. The van der Waals surface area contributed by atoms with Gasteiger partial charge in [0, 0.05) is 5.88 Å². The Morgan fingerprint density at radius 3 is 2.60 bits per heavy atom. The molecular formula is C14H13Cl. The molecule has 0 atom stereocenters. The molecule has 0 heterocycles. The zero-order chi connectivity index (χ0) is 10.5. The van der Waals surface area contributed by atoms with Crippen molar-refractivity contribution in [2.45, 2.75) is 6.42 Å². The summed E-state index contributed by atoms with van der Waals surface area (Å²) in [6.07, 6.45) is 5.06. The summed E-state index contributed by atoms with van der Waals surface area (Å²) in [7, 11) is 0. The van der Waals surface area contributed by atoms with Crippen molar-refractivity contribution in [2.24, 2.45) is 0 Å². The zero-order valence-corrected chi connectivity index (χ0v) is 9.24. The predicted octanol–water partition coefficient (Wildman–Crippen LogP) is 4.18. The van der Waals surface area contributed by atoms with E-state index in [0.29, 0.717) is 5.88 Å². The lowest BCUT2D eigenvalue weighted by molar-refractivity contribution is 1.29. The third kappa shape index (κ3) is 2.40. The SMILES string of the molecule is ClC/C=C/Cc1cccc2ccccc12. The standard InChI is InChI=1S/C14H13Cl/c15-11-4-3-7-13-9-5-8-12-6-1-2-10-14(12)13/h1-6,8-10H,7,11H2/b4-3+. The molecule has 0 spiro atoms. The molecule has 0 aliphatic rings. The van der Waals surface area contributed by atoms with Crippen molar-refractivity contribution in [3.8, 4) is 0 Å². The molecule has 2 aromatic carbocycles. The first-order chi connectivity index (χ1) is 7.42. The van der Waals surface area contributed by atoms with Crippen molar-refractivity contribution < 1.29 is 0 Å². The van der Waals surface area contributed by atoms with Crippen LogP contribution >= 0.6 is 11.6 Å². The van der Waals surface area contributed by atoms with Crippen molar-refractivity contribution in [3.05, 3.63) is 60.2 Å². The highest BCUT2D eigenvalue weighted by Crippen LogP contribution is 2.18. The number of benzene rings is 2. The van der Waals surface area contributed by atoms with Crippen molar-refractivity contribution in [1.82, 2.24) is 0 Å². The van der Waals surface area contributed by atoms with Gasteiger partial charge in [0.25, 0.3) is 0 Å². The van der Waals surface area contributed by atoms with E-state index in [9.17, 15) is 0 Å². The minimum atomic E-state index is 0.588. The Morgan fingerprint density at radius 2 is 1.73 bits per heavy atom. The fourth-order valence-corrected chi connectivity index (χ4v) is 1.87. The van der Waals surface area contributed by atoms with Crippen LogP contribution in [0, 0.1) is 0 Å². The van der Waals surface area contributed by atoms with Crippen molar-refractivity contribution in [1.29, 1.82) is 0 Å². The second kappa shape index (κ2) is 4.99. The van der Waals surface area contributed by atoms with Gasteiger partial charge in [-0.2, -0.15) is 0 Å². The van der Waals surface area contributed by atoms with E-state index in [1.54, 1.807) is 0 Å². The highest BCUT2D eigenvalue weighted by atomic mass is 35.5. The van der Waals surface area contributed by atoms with Gasteiger partial charge in [0.05, 0.1) is 0 Å². The summed E-state index contributed by atoms with van der Waals surface area (Å²) in [5.41, 5.74) is 1.36. The zero-order valence-electron chi connectivity index (χ0n) is 8.49. The highest BCUT2D eigenvalue weighted by molar-refractivity contribution is 6.18. The van der Waals surface area contributed by atoms with E-state index in [1.807, 2.05) is 6.08 Å². The van der Waals surface area contributed by atoms with Crippen LogP contribution < -0.4 is 0 Å². The Kier molecular flexibility index (Phi) is 3.41. The van der Waals surface area contributed by atoms with Crippen molar-refractivity contribution >= 4 is 22.4 Å². The number of fused-ring (bicyclic) bond motifs is 1. The minimum Gasteiger partial charge on any atom is -0.122 e. The van der Waals surface area contributed by atoms with Crippen LogP contribution in [-0.4, -0.2) is 5.88 Å². The van der Waals surface area contributed by atoms with E-state index in [1.165, 1.54) is 16.3 Å². The van der Waals surface area contributed by atoms with E-state index < -0.39 is 0 Å². The van der Waals surface area contributed by atoms with Crippen LogP contribution in [0.25, 0.3) is 10.8 Å². The molecule has 0 fully saturated rings. The molecule has 0 radical (unpaired) electrons. The lowest BCUT2D eigenvalue weighted by Gasteiger charge is -2.03. The monoisotopic (exact) mass is 216 g/mol. The summed E-state index contributed by atoms with van der Waals surface area (Å²) in [5, 5.41) is 2.63. The lowest BCUT2D eigenvalue weighted by atomic mass is 10.0. The van der Waals surface area contributed by atoms with Gasteiger partial charge in [-0.15, -0.1) is 11.6 Å². The molecule has 0 aliphatic carbocycles. The van der Waals surface area contributed by atoms with E-state index in [0.717, 1.165) is 6.42 Å². The molecule has 15 heavy (non-hydrogen) atoms. The number of halogens is 1. The summed E-state index contributed by atoms with van der Waals surface area (Å²) in [6.45, 7) is 0. The maximum Gasteiger partial charge on any atom is 0.0404 e. The summed E-state index contributed by atoms with van der Waals surface area (Å²) in [6, 6.07) is 14.9. The molecular weight excluding hydrogens is 204 g/mol. The smallest absolute Gasteiger partial charge is 0.0404 e. The van der Waals surface area contributed by atoms with Crippen LogP contribution in [-0.2, 0) is 6.42 Å². The molecule has 1 heteroatoms. The van der Waals surface area contributed by atoms with Gasteiger partial charge in [0.15, 0.2) is 0 Å². The normalized spacial score (nSPS) is 11.3. The molecule has 2 aromatic rings. The molecule has 0 aliphatic heterocycles. The first-order valence-corrected chi connectivity index (χ1v) is 5.63. The quantitative estimate of drug-likeness (QED) is 0.534. The lowest BCUT2D eigenvalue weighted by Crippen LogP contribution is -1.83. The van der Waals surface area contributed by atoms with Gasteiger partial charge in [-0.1, -0.05) is 54.6 Å². The fourth-order valence-electron chi connectivity index (χ4n) is 1.74. The van der Waals surface area contributed by atoms with E-state index >= 15 is 0 Å². The number of allylic oxidation sites excluding steroid dienone is 2. The van der Waals surface area contributed by atoms with Gasteiger partial charge in [-0.25, -0.2) is 0 Å². The molecule has 0 aromatic heterocycles. The number of hydrogen-bond donors (Lipinski definition) is 0. The molecule has 2 rings (SSSR count). The molecule has 0 saturated carbocycles. The average molecular weight is 217 g/mol. The topological polar surface area (TPSA) is 0 Å². The molecule has 0 nitrogen and oxygen atoms in total. The minimum absolute atomic E-state index is 0.588. The van der Waals surface area contributed by atoms with E-state index in [2.05, 4.69) is 48.5 Å². The maximum absolute atomic E-state index is 5.60. The maximum atomic E-state index is 5.60. The Hall–Kier alpha value is -1.27. The second-order valence-electron chi connectivity index (χ2n) is 3.47. The molecule has 0 saturated heterocycles. The Bertz CT molecular complexity index is 466. The summed E-state index contributed by atoms with van der Waals surface area (Å²) in [4.78, 5) is 0. The second-order valence-corrected chi connectivity index (χ2v) is 3.78. The van der Waals surface area contributed by atoms with Gasteiger partial charge in [-0.3, -0.25) is 0 Å². The number of hydrogen-bond acceptors (Lipinski definition) is 0. The number of rotatable bonds is 3. The third-order valence-electron chi connectivity index (χ3n) is 2.47. The fraction of sp³-hybridized carbons (Fsp3) is 0.143. The molecule has 0 bridgehead atoms. The van der Waals surface area contributed by atoms with Crippen LogP contribution in [0.2, 0.25) is 0 Å². The molecule has 0 amide bonds. The first kappa shape index (κ1) is 10.3. The van der Waals surface area contributed by atoms with Crippen LogP contribution in [0.1, 0.15) is 5.56 Å². The first-order valence-electron chi connectivity index (χ1n) is 5.09. The van der Waals surface area contributed by atoms with Gasteiger partial charge in [0.1, 0.15) is 0 Å².